The average molecular weight is 193 g/mol. The van der Waals surface area contributed by atoms with E-state index in [2.05, 4.69) is 5.32 Å². The normalized spacial score (nSPS) is 42.2. The molecule has 13 heavy (non-hydrogen) atoms. The summed E-state index contributed by atoms with van der Waals surface area (Å²) in [5.41, 5.74) is -1.62. The van der Waals surface area contributed by atoms with Crippen LogP contribution in [0.1, 0.15) is 0 Å². The van der Waals surface area contributed by atoms with Gasteiger partial charge in [-0.2, -0.15) is 0 Å². The van der Waals surface area contributed by atoms with Gasteiger partial charge in [0.1, 0.15) is 11.7 Å². The highest BCUT2D eigenvalue weighted by Gasteiger charge is 2.48. The highest BCUT2D eigenvalue weighted by atomic mass is 16.4. The zero-order valence-electron chi connectivity index (χ0n) is 7.09. The van der Waals surface area contributed by atoms with Crippen LogP contribution in [0, 0.1) is 0 Å². The van der Waals surface area contributed by atoms with Crippen LogP contribution < -0.4 is 5.32 Å². The second-order valence-corrected chi connectivity index (χ2v) is 3.36. The molecule has 0 bridgehead atoms. The smallest absolute Gasteiger partial charge is 0.127 e. The van der Waals surface area contributed by atoms with Gasteiger partial charge in [-0.1, -0.05) is 0 Å². The molecular weight excluding hydrogens is 178 g/mol. The van der Waals surface area contributed by atoms with E-state index in [1.165, 1.54) is 0 Å². The minimum absolute atomic E-state index is 0.00755. The monoisotopic (exact) mass is 193 g/mol. The highest BCUT2D eigenvalue weighted by Crippen LogP contribution is 2.21. The van der Waals surface area contributed by atoms with Crippen molar-refractivity contribution in [3.63, 3.8) is 0 Å². The summed E-state index contributed by atoms with van der Waals surface area (Å²) in [6.07, 6.45) is -2.42. The lowest BCUT2D eigenvalue weighted by molar-refractivity contribution is -0.0937. The number of hydrogen-bond donors (Lipinski definition) is 6. The third kappa shape index (κ3) is 1.83. The molecule has 0 spiro atoms. The van der Waals surface area contributed by atoms with Gasteiger partial charge in [0.2, 0.25) is 0 Å². The molecule has 0 aromatic rings. The first-order valence-corrected chi connectivity index (χ1v) is 4.09. The van der Waals surface area contributed by atoms with E-state index in [0.717, 1.165) is 0 Å². The molecule has 1 saturated heterocycles. The Morgan fingerprint density at radius 2 is 2.08 bits per heavy atom. The molecule has 0 aromatic heterocycles. The van der Waals surface area contributed by atoms with E-state index in [1.807, 2.05) is 0 Å². The Hall–Kier alpha value is -0.240. The Kier molecular flexibility index (Phi) is 3.23. The van der Waals surface area contributed by atoms with E-state index >= 15 is 0 Å². The largest absolute Gasteiger partial charge is 0.394 e. The second-order valence-electron chi connectivity index (χ2n) is 3.36. The Bertz CT molecular complexity index is 178. The standard InChI is InChI=1S/C7H15NO5/c9-1-4(11)5-6(12)7(13,3-10)2-8-5/h4-6,8-13H,1-3H2/t4-,5+,6+,7+/m1/s1. The van der Waals surface area contributed by atoms with E-state index in [0.29, 0.717) is 0 Å². The highest BCUT2D eigenvalue weighted by molar-refractivity contribution is 5.04. The summed E-state index contributed by atoms with van der Waals surface area (Å²) in [7, 11) is 0. The first kappa shape index (κ1) is 10.8. The molecule has 0 amide bonds. The average Bonchev–Trinajstić information content (AvgIpc) is 2.44. The number of aliphatic hydroxyl groups is 5. The Morgan fingerprint density at radius 3 is 2.46 bits per heavy atom. The molecule has 6 heteroatoms. The zero-order valence-corrected chi connectivity index (χ0v) is 7.09. The molecule has 1 aliphatic rings. The van der Waals surface area contributed by atoms with Gasteiger partial charge in [-0.25, -0.2) is 0 Å². The summed E-state index contributed by atoms with van der Waals surface area (Å²) in [4.78, 5) is 0. The molecule has 1 rings (SSSR count). The first-order valence-electron chi connectivity index (χ1n) is 4.09. The second kappa shape index (κ2) is 3.87. The lowest BCUT2D eigenvalue weighted by Crippen LogP contribution is -2.50. The van der Waals surface area contributed by atoms with Crippen molar-refractivity contribution in [2.45, 2.75) is 23.9 Å². The number of aliphatic hydroxyl groups excluding tert-OH is 4. The van der Waals surface area contributed by atoms with Crippen molar-refractivity contribution in [2.75, 3.05) is 19.8 Å². The molecule has 4 atom stereocenters. The molecule has 6 nitrogen and oxygen atoms in total. The van der Waals surface area contributed by atoms with Crippen LogP contribution in [0.4, 0.5) is 0 Å². The quantitative estimate of drug-likeness (QED) is 0.276. The van der Waals surface area contributed by atoms with Gasteiger partial charge in [-0.3, -0.25) is 0 Å². The number of β-amino-alcohol motifs (C(OH)–C–C–N with tert-alkyl or cyclic N) is 1. The van der Waals surface area contributed by atoms with E-state index in [1.54, 1.807) is 0 Å². The van der Waals surface area contributed by atoms with Crippen LogP contribution in [0.15, 0.2) is 0 Å². The summed E-state index contributed by atoms with van der Waals surface area (Å²) in [6, 6.07) is -0.804. The molecule has 1 aliphatic heterocycles. The fourth-order valence-electron chi connectivity index (χ4n) is 1.45. The van der Waals surface area contributed by atoms with Gasteiger partial charge in [0, 0.05) is 6.54 Å². The van der Waals surface area contributed by atoms with Crippen LogP contribution in [0.3, 0.4) is 0 Å². The summed E-state index contributed by atoms with van der Waals surface area (Å²) in [5.74, 6) is 0. The van der Waals surface area contributed by atoms with Crippen LogP contribution in [0.2, 0.25) is 0 Å². The molecular formula is C7H15NO5. The topological polar surface area (TPSA) is 113 Å². The van der Waals surface area contributed by atoms with Crippen LogP contribution in [0.5, 0.6) is 0 Å². The van der Waals surface area contributed by atoms with Crippen molar-refractivity contribution in [1.29, 1.82) is 0 Å². The predicted octanol–water partition coefficient (Wildman–Crippen LogP) is -3.60. The molecule has 1 fully saturated rings. The van der Waals surface area contributed by atoms with Gasteiger partial charge < -0.3 is 30.8 Å². The van der Waals surface area contributed by atoms with Crippen molar-refractivity contribution < 1.29 is 25.5 Å². The maximum absolute atomic E-state index is 9.53. The van der Waals surface area contributed by atoms with E-state index in [9.17, 15) is 15.3 Å². The zero-order chi connectivity index (χ0) is 10.1. The van der Waals surface area contributed by atoms with Crippen LogP contribution in [-0.2, 0) is 0 Å². The van der Waals surface area contributed by atoms with Crippen molar-refractivity contribution >= 4 is 0 Å². The lowest BCUT2D eigenvalue weighted by Gasteiger charge is -2.26. The molecule has 6 N–H and O–H groups in total. The molecule has 0 saturated carbocycles. The first-order chi connectivity index (χ1) is 6.05. The van der Waals surface area contributed by atoms with E-state index in [-0.39, 0.29) is 6.54 Å². The SMILES string of the molecule is OC[C@@H](O)[C@@H]1NC[C@](O)(CO)[C@H]1O. The van der Waals surface area contributed by atoms with Gasteiger partial charge in [-0.15, -0.1) is 0 Å². The Balaban J connectivity index is 2.64. The maximum atomic E-state index is 9.53. The minimum Gasteiger partial charge on any atom is -0.394 e. The number of nitrogens with one attached hydrogen (secondary N) is 1. The van der Waals surface area contributed by atoms with Gasteiger partial charge in [0.25, 0.3) is 0 Å². The van der Waals surface area contributed by atoms with E-state index in [4.69, 9.17) is 10.2 Å². The Morgan fingerprint density at radius 1 is 1.46 bits per heavy atom. The third-order valence-corrected chi connectivity index (χ3v) is 2.41. The summed E-state index contributed by atoms with van der Waals surface area (Å²) >= 11 is 0. The van der Waals surface area contributed by atoms with Gasteiger partial charge in [0.15, 0.2) is 0 Å². The third-order valence-electron chi connectivity index (χ3n) is 2.41. The van der Waals surface area contributed by atoms with Crippen molar-refractivity contribution in [3.05, 3.63) is 0 Å². The summed E-state index contributed by atoms with van der Waals surface area (Å²) in [6.45, 7) is -1.10. The predicted molar refractivity (Wildman–Crippen MR) is 42.9 cm³/mol. The van der Waals surface area contributed by atoms with Crippen LogP contribution in [-0.4, -0.2) is 69.1 Å². The maximum Gasteiger partial charge on any atom is 0.127 e. The fraction of sp³-hybridized carbons (Fsp3) is 1.00. The van der Waals surface area contributed by atoms with Gasteiger partial charge in [0.05, 0.1) is 25.4 Å². The molecule has 1 heterocycles. The Labute approximate surface area is 75.4 Å². The minimum atomic E-state index is -1.62. The van der Waals surface area contributed by atoms with Crippen LogP contribution in [0.25, 0.3) is 0 Å². The van der Waals surface area contributed by atoms with Gasteiger partial charge >= 0.3 is 0 Å². The number of rotatable bonds is 3. The van der Waals surface area contributed by atoms with Crippen molar-refractivity contribution in [1.82, 2.24) is 5.32 Å². The molecule has 0 unspecified atom stereocenters. The molecule has 0 radical (unpaired) electrons. The van der Waals surface area contributed by atoms with E-state index < -0.39 is 37.1 Å². The van der Waals surface area contributed by atoms with Crippen molar-refractivity contribution in [3.8, 4) is 0 Å². The summed E-state index contributed by atoms with van der Waals surface area (Å²) < 4.78 is 0. The van der Waals surface area contributed by atoms with Gasteiger partial charge in [-0.05, 0) is 0 Å². The van der Waals surface area contributed by atoms with Crippen molar-refractivity contribution in [2.24, 2.45) is 0 Å². The molecule has 78 valence electrons. The summed E-state index contributed by atoms with van der Waals surface area (Å²) in [5, 5.41) is 48.2. The van der Waals surface area contributed by atoms with Crippen LogP contribution >= 0.6 is 0 Å². The molecule has 0 aromatic carbocycles. The molecule has 0 aliphatic carbocycles. The lowest BCUT2D eigenvalue weighted by atomic mass is 9.95. The fourth-order valence-corrected chi connectivity index (χ4v) is 1.45. The number of hydrogen-bond acceptors (Lipinski definition) is 6.